The number of piperazine rings is 2. The van der Waals surface area contributed by atoms with Crippen molar-refractivity contribution in [3.8, 4) is 0 Å². The van der Waals surface area contributed by atoms with E-state index >= 15 is 0 Å². The van der Waals surface area contributed by atoms with E-state index in [1.54, 1.807) is 4.90 Å². The van der Waals surface area contributed by atoms with E-state index in [0.717, 1.165) is 111 Å². The predicted molar refractivity (Wildman–Crippen MR) is 218 cm³/mol. The highest BCUT2D eigenvalue weighted by molar-refractivity contribution is 6.10. The average Bonchev–Trinajstić information content (AvgIpc) is 3.93. The van der Waals surface area contributed by atoms with Crippen LogP contribution in [0.15, 0.2) is 0 Å². The van der Waals surface area contributed by atoms with Crippen LogP contribution in [0.5, 0.6) is 0 Å². The molecule has 9 rings (SSSR count). The Balaban J connectivity index is 0.695. The van der Waals surface area contributed by atoms with Gasteiger partial charge in [0.25, 0.3) is 0 Å². The number of hydrogen-bond donors (Lipinski definition) is 7. The number of carbonyl (C=O) groups excluding carboxylic acids is 6. The Labute approximate surface area is 352 Å². The van der Waals surface area contributed by atoms with Crippen molar-refractivity contribution in [1.29, 1.82) is 0 Å². The molecule has 0 aromatic carbocycles. The van der Waals surface area contributed by atoms with Crippen molar-refractivity contribution in [1.82, 2.24) is 66.2 Å². The maximum Gasteiger partial charge on any atom is 0.320 e. The molecule has 8 aliphatic heterocycles. The third kappa shape index (κ3) is 8.55. The third-order valence-corrected chi connectivity index (χ3v) is 15.2. The Bertz CT molecular complexity index is 1660. The SMILES string of the molecule is CN1CCN([C@@H]2CCCN(C3CNC(C(N)=O)C(NC4CNC(N5CCN(C[C@H]6CCN(C7CCC8C(=O)N([C@@H]9CCC(=O)NC9=O)C(=O)C8C7)C6)CC5)NC4)N3)C2)C1=O. The molecule has 0 aromatic rings. The van der Waals surface area contributed by atoms with Gasteiger partial charge in [0, 0.05) is 110 Å². The Morgan fingerprint density at radius 3 is 2.28 bits per heavy atom. The van der Waals surface area contributed by atoms with E-state index in [-0.39, 0.29) is 91.1 Å². The van der Waals surface area contributed by atoms with E-state index in [4.69, 9.17) is 5.73 Å². The van der Waals surface area contributed by atoms with Gasteiger partial charge in [-0.25, -0.2) is 4.79 Å². The zero-order valence-corrected chi connectivity index (χ0v) is 35.1. The molecule has 7 amide bonds. The quantitative estimate of drug-likeness (QED) is 0.104. The number of piperidine rings is 2. The lowest BCUT2D eigenvalue weighted by molar-refractivity contribution is -0.151. The standard InChI is InChI=1S/C40H66N14O6/c1-48-11-16-53(40(48)60)27-3-2-9-52(23-27)31-20-42-33(34(41)56)35(46-31)45-25-18-43-39(44-19-25)50-14-12-49(13-15-50)21-24-8-10-51(22-24)26-4-5-28-29(17-26)38(59)54(37(28)58)30-6-7-32(55)47-36(30)57/h24-31,33,35,39,42-46H,2-23H2,1H3,(H2,41,56)(H,47,55,57)/t24-,25?,26?,27-,28?,29?,30-,31?,33?,35?,39?/m1/s1. The van der Waals surface area contributed by atoms with Gasteiger partial charge in [0.1, 0.15) is 18.4 Å². The summed E-state index contributed by atoms with van der Waals surface area (Å²) in [5.74, 6) is -1.90. The third-order valence-electron chi connectivity index (χ3n) is 15.2. The summed E-state index contributed by atoms with van der Waals surface area (Å²) in [4.78, 5) is 91.3. The molecule has 8 N–H and O–H groups in total. The van der Waals surface area contributed by atoms with Crippen molar-refractivity contribution in [2.24, 2.45) is 23.5 Å². The van der Waals surface area contributed by atoms with Gasteiger partial charge in [-0.3, -0.25) is 65.3 Å². The number of nitrogens with one attached hydrogen (secondary N) is 6. The molecule has 0 aromatic heterocycles. The summed E-state index contributed by atoms with van der Waals surface area (Å²) in [6.07, 6.45) is 5.47. The minimum absolute atomic E-state index is 0.0155. The predicted octanol–water partition coefficient (Wildman–Crippen LogP) is -4.15. The monoisotopic (exact) mass is 839 g/mol. The van der Waals surface area contributed by atoms with Crippen LogP contribution in [-0.4, -0.2) is 217 Å². The van der Waals surface area contributed by atoms with Crippen LogP contribution in [-0.2, 0) is 24.0 Å². The minimum atomic E-state index is -0.868. The number of likely N-dealkylation sites (N-methyl/N-ethyl adjacent to an activating group) is 1. The molecule has 0 radical (unpaired) electrons. The van der Waals surface area contributed by atoms with Gasteiger partial charge in [-0.15, -0.1) is 0 Å². The van der Waals surface area contributed by atoms with Crippen molar-refractivity contribution in [3.63, 3.8) is 0 Å². The second kappa shape index (κ2) is 17.8. The van der Waals surface area contributed by atoms with Crippen LogP contribution >= 0.6 is 0 Å². The van der Waals surface area contributed by atoms with Gasteiger partial charge in [0.15, 0.2) is 0 Å². The van der Waals surface area contributed by atoms with Crippen molar-refractivity contribution in [2.45, 2.75) is 100 Å². The number of hydrogen-bond acceptors (Lipinski definition) is 15. The Morgan fingerprint density at radius 1 is 0.767 bits per heavy atom. The molecule has 9 aliphatic rings. The zero-order chi connectivity index (χ0) is 41.7. The van der Waals surface area contributed by atoms with Crippen molar-refractivity contribution in [3.05, 3.63) is 0 Å². The fourth-order valence-corrected chi connectivity index (χ4v) is 11.8. The van der Waals surface area contributed by atoms with Gasteiger partial charge in [0.2, 0.25) is 29.5 Å². The van der Waals surface area contributed by atoms with Crippen LogP contribution in [0.25, 0.3) is 0 Å². The van der Waals surface area contributed by atoms with E-state index in [1.165, 1.54) is 4.90 Å². The fourth-order valence-electron chi connectivity index (χ4n) is 11.8. The van der Waals surface area contributed by atoms with Crippen LogP contribution in [0.4, 0.5) is 4.79 Å². The second-order valence-corrected chi connectivity index (χ2v) is 18.9. The van der Waals surface area contributed by atoms with Crippen molar-refractivity contribution < 1.29 is 28.8 Å². The highest BCUT2D eigenvalue weighted by atomic mass is 16.2. The molecule has 1 aliphatic carbocycles. The molecule has 1 saturated carbocycles. The van der Waals surface area contributed by atoms with Crippen LogP contribution in [0.3, 0.4) is 0 Å². The second-order valence-electron chi connectivity index (χ2n) is 18.9. The lowest BCUT2D eigenvalue weighted by Crippen LogP contribution is -2.76. The lowest BCUT2D eigenvalue weighted by atomic mass is 9.78. The Morgan fingerprint density at radius 2 is 1.55 bits per heavy atom. The van der Waals surface area contributed by atoms with Crippen LogP contribution in [0.2, 0.25) is 0 Å². The van der Waals surface area contributed by atoms with E-state index < -0.39 is 18.0 Å². The van der Waals surface area contributed by atoms with Crippen molar-refractivity contribution in [2.75, 3.05) is 98.7 Å². The van der Waals surface area contributed by atoms with Crippen LogP contribution in [0.1, 0.15) is 51.4 Å². The van der Waals surface area contributed by atoms with Crippen LogP contribution in [0, 0.1) is 17.8 Å². The first-order valence-corrected chi connectivity index (χ1v) is 22.7. The number of carbonyl (C=O) groups is 6. The summed E-state index contributed by atoms with van der Waals surface area (Å²) in [6.45, 7) is 12.3. The fraction of sp³-hybridized carbons (Fsp3) is 0.850. The highest BCUT2D eigenvalue weighted by Gasteiger charge is 2.55. The number of amides is 7. The molecule has 9 fully saturated rings. The van der Waals surface area contributed by atoms with Gasteiger partial charge in [-0.2, -0.15) is 0 Å². The molecule has 60 heavy (non-hydrogen) atoms. The molecule has 332 valence electrons. The Kier molecular flexibility index (Phi) is 12.5. The first-order valence-electron chi connectivity index (χ1n) is 22.7. The summed E-state index contributed by atoms with van der Waals surface area (Å²) in [5, 5.41) is 20.5. The van der Waals surface area contributed by atoms with Gasteiger partial charge >= 0.3 is 6.03 Å². The molecular formula is C40H66N14O6. The minimum Gasteiger partial charge on any atom is -0.368 e. The summed E-state index contributed by atoms with van der Waals surface area (Å²) in [6, 6.07) is -0.748. The number of nitrogens with two attached hydrogens (primary N) is 1. The number of rotatable bonds is 10. The largest absolute Gasteiger partial charge is 0.368 e. The van der Waals surface area contributed by atoms with E-state index in [2.05, 4.69) is 51.5 Å². The Hall–Kier alpha value is -3.34. The molecule has 20 heteroatoms. The average molecular weight is 839 g/mol. The molecule has 8 heterocycles. The number of imide groups is 2. The number of fused-ring (bicyclic) bond motifs is 1. The molecule has 9 atom stereocenters. The molecule has 8 saturated heterocycles. The van der Waals surface area contributed by atoms with Gasteiger partial charge < -0.3 is 30.7 Å². The summed E-state index contributed by atoms with van der Waals surface area (Å²) in [5.41, 5.74) is 5.87. The zero-order valence-electron chi connectivity index (χ0n) is 35.1. The topological polar surface area (TPSA) is 223 Å². The maximum atomic E-state index is 13.5. The van der Waals surface area contributed by atoms with Crippen LogP contribution < -0.4 is 37.6 Å². The van der Waals surface area contributed by atoms with Gasteiger partial charge in [-0.05, 0) is 64.0 Å². The molecule has 20 nitrogen and oxygen atoms in total. The smallest absolute Gasteiger partial charge is 0.320 e. The molecule has 0 spiro atoms. The first kappa shape index (κ1) is 42.0. The number of urea groups is 1. The normalized spacial score (nSPS) is 39.5. The molecule has 6 unspecified atom stereocenters. The summed E-state index contributed by atoms with van der Waals surface area (Å²) >= 11 is 0. The number of nitrogens with zero attached hydrogens (tertiary/aromatic N) is 7. The first-order chi connectivity index (χ1) is 29.0. The van der Waals surface area contributed by atoms with E-state index in [1.807, 2.05) is 11.9 Å². The maximum absolute atomic E-state index is 13.5. The number of likely N-dealkylation sites (tertiary alicyclic amines) is 3. The molecular weight excluding hydrogens is 773 g/mol. The highest BCUT2D eigenvalue weighted by Crippen LogP contribution is 2.42. The van der Waals surface area contributed by atoms with Crippen molar-refractivity contribution >= 4 is 35.6 Å². The summed E-state index contributed by atoms with van der Waals surface area (Å²) in [7, 11) is 1.87. The summed E-state index contributed by atoms with van der Waals surface area (Å²) < 4.78 is 0. The van der Waals surface area contributed by atoms with Gasteiger partial charge in [0.05, 0.1) is 24.2 Å². The lowest BCUT2D eigenvalue weighted by Gasteiger charge is -2.47. The number of primary amides is 1. The van der Waals surface area contributed by atoms with Gasteiger partial charge in [-0.1, -0.05) is 0 Å². The molecule has 0 bridgehead atoms. The van der Waals surface area contributed by atoms with E-state index in [9.17, 15) is 28.8 Å². The van der Waals surface area contributed by atoms with E-state index in [0.29, 0.717) is 25.3 Å².